The molecule has 3 nitrogen and oxygen atoms in total. The van der Waals surface area contributed by atoms with Gasteiger partial charge in [-0.15, -0.1) is 0 Å². The molecule has 0 aliphatic heterocycles. The van der Waals surface area contributed by atoms with Gasteiger partial charge in [0.05, 0.1) is 18.0 Å². The summed E-state index contributed by atoms with van der Waals surface area (Å²) >= 11 is 3.17. The summed E-state index contributed by atoms with van der Waals surface area (Å²) < 4.78 is 17.9. The minimum atomic E-state index is -0.276. The number of benzene rings is 1. The van der Waals surface area contributed by atoms with Gasteiger partial charge < -0.3 is 9.64 Å². The number of carbonyl (C=O) groups is 1. The molecule has 0 heterocycles. The fraction of sp³-hybridized carbons (Fsp3) is 0.462. The molecule has 1 atom stereocenters. The van der Waals surface area contributed by atoms with Gasteiger partial charge in [0.1, 0.15) is 5.82 Å². The van der Waals surface area contributed by atoms with Gasteiger partial charge in [0, 0.05) is 13.7 Å². The highest BCUT2D eigenvalue weighted by atomic mass is 79.9. The molecule has 1 rings (SSSR count). The second-order valence-electron chi connectivity index (χ2n) is 4.09. The van der Waals surface area contributed by atoms with Gasteiger partial charge in [-0.25, -0.2) is 4.39 Å². The van der Waals surface area contributed by atoms with Crippen molar-refractivity contribution in [2.24, 2.45) is 0 Å². The fourth-order valence-corrected chi connectivity index (χ4v) is 2.01. The standard InChI is InChI=1S/C13H17BrFNO2/c1-10(9-18-2)16(13(17)7-14)8-11-3-5-12(15)6-4-11/h3-6,10H,7-9H2,1-2H3. The monoisotopic (exact) mass is 317 g/mol. The lowest BCUT2D eigenvalue weighted by atomic mass is 10.2. The average molecular weight is 318 g/mol. The first kappa shape index (κ1) is 15.1. The first-order valence-electron chi connectivity index (χ1n) is 5.67. The Morgan fingerprint density at radius 1 is 1.44 bits per heavy atom. The van der Waals surface area contributed by atoms with E-state index in [0.717, 1.165) is 5.56 Å². The van der Waals surface area contributed by atoms with Gasteiger partial charge in [-0.05, 0) is 24.6 Å². The van der Waals surface area contributed by atoms with Crippen LogP contribution in [0.15, 0.2) is 24.3 Å². The van der Waals surface area contributed by atoms with Gasteiger partial charge in [-0.2, -0.15) is 0 Å². The van der Waals surface area contributed by atoms with E-state index in [1.54, 1.807) is 24.1 Å². The molecule has 1 unspecified atom stereocenters. The highest BCUT2D eigenvalue weighted by molar-refractivity contribution is 9.09. The highest BCUT2D eigenvalue weighted by Crippen LogP contribution is 2.11. The Bertz CT molecular complexity index is 383. The van der Waals surface area contributed by atoms with E-state index in [9.17, 15) is 9.18 Å². The topological polar surface area (TPSA) is 29.5 Å². The first-order valence-corrected chi connectivity index (χ1v) is 6.79. The quantitative estimate of drug-likeness (QED) is 0.755. The van der Waals surface area contributed by atoms with Crippen LogP contribution in [-0.4, -0.2) is 35.9 Å². The molecule has 0 saturated heterocycles. The molecule has 0 saturated carbocycles. The number of rotatable bonds is 6. The van der Waals surface area contributed by atoms with Crippen LogP contribution in [0.5, 0.6) is 0 Å². The van der Waals surface area contributed by atoms with Crippen molar-refractivity contribution in [2.75, 3.05) is 19.0 Å². The van der Waals surface area contributed by atoms with Gasteiger partial charge in [0.25, 0.3) is 0 Å². The molecule has 0 N–H and O–H groups in total. The van der Waals surface area contributed by atoms with Crippen molar-refractivity contribution in [1.29, 1.82) is 0 Å². The predicted octanol–water partition coefficient (Wildman–Crippen LogP) is 2.58. The third-order valence-corrected chi connectivity index (χ3v) is 3.12. The summed E-state index contributed by atoms with van der Waals surface area (Å²) in [5, 5.41) is 0.266. The van der Waals surface area contributed by atoms with E-state index < -0.39 is 0 Å². The lowest BCUT2D eigenvalue weighted by molar-refractivity contribution is -0.132. The van der Waals surface area contributed by atoms with Crippen LogP contribution in [0.3, 0.4) is 0 Å². The third-order valence-electron chi connectivity index (χ3n) is 2.64. The summed E-state index contributed by atoms with van der Waals surface area (Å²) in [6, 6.07) is 6.14. The van der Waals surface area contributed by atoms with Crippen LogP contribution in [0.1, 0.15) is 12.5 Å². The molecule has 0 radical (unpaired) electrons. The maximum atomic E-state index is 12.8. The van der Waals surface area contributed by atoms with E-state index in [1.165, 1.54) is 12.1 Å². The number of hydrogen-bond acceptors (Lipinski definition) is 2. The van der Waals surface area contributed by atoms with Crippen molar-refractivity contribution in [3.63, 3.8) is 0 Å². The number of amides is 1. The van der Waals surface area contributed by atoms with E-state index >= 15 is 0 Å². The van der Waals surface area contributed by atoms with Crippen LogP contribution >= 0.6 is 15.9 Å². The minimum absolute atomic E-state index is 0.0103. The Labute approximate surface area is 115 Å². The van der Waals surface area contributed by atoms with E-state index in [0.29, 0.717) is 13.2 Å². The van der Waals surface area contributed by atoms with Gasteiger partial charge >= 0.3 is 0 Å². The molecule has 18 heavy (non-hydrogen) atoms. The number of alkyl halides is 1. The fourth-order valence-electron chi connectivity index (χ4n) is 1.68. The van der Waals surface area contributed by atoms with Crippen LogP contribution in [0.4, 0.5) is 4.39 Å². The predicted molar refractivity (Wildman–Crippen MR) is 72.1 cm³/mol. The first-order chi connectivity index (χ1) is 8.58. The molecule has 0 aromatic heterocycles. The Balaban J connectivity index is 2.77. The molecule has 0 aliphatic rings. The van der Waals surface area contributed by atoms with Crippen LogP contribution in [0, 0.1) is 5.82 Å². The smallest absolute Gasteiger partial charge is 0.233 e. The number of methoxy groups -OCH3 is 1. The summed E-state index contributed by atoms with van der Waals surface area (Å²) in [6.07, 6.45) is 0. The van der Waals surface area contributed by atoms with E-state index in [2.05, 4.69) is 15.9 Å². The Morgan fingerprint density at radius 2 is 2.06 bits per heavy atom. The van der Waals surface area contributed by atoms with Gasteiger partial charge in [-0.3, -0.25) is 4.79 Å². The SMILES string of the molecule is COCC(C)N(Cc1ccc(F)cc1)C(=O)CBr. The summed E-state index contributed by atoms with van der Waals surface area (Å²) in [4.78, 5) is 13.6. The molecule has 0 spiro atoms. The van der Waals surface area contributed by atoms with Crippen molar-refractivity contribution in [3.8, 4) is 0 Å². The molecule has 5 heteroatoms. The van der Waals surface area contributed by atoms with E-state index in [4.69, 9.17) is 4.74 Å². The maximum Gasteiger partial charge on any atom is 0.233 e. The van der Waals surface area contributed by atoms with Crippen molar-refractivity contribution < 1.29 is 13.9 Å². The van der Waals surface area contributed by atoms with Crippen LogP contribution < -0.4 is 0 Å². The largest absolute Gasteiger partial charge is 0.383 e. The molecule has 1 amide bonds. The van der Waals surface area contributed by atoms with Crippen molar-refractivity contribution in [2.45, 2.75) is 19.5 Å². The number of hydrogen-bond donors (Lipinski definition) is 0. The summed E-state index contributed by atoms with van der Waals surface area (Å²) in [6.45, 7) is 2.85. The lowest BCUT2D eigenvalue weighted by Crippen LogP contribution is -2.41. The van der Waals surface area contributed by atoms with Crippen molar-refractivity contribution >= 4 is 21.8 Å². The van der Waals surface area contributed by atoms with E-state index in [1.807, 2.05) is 6.92 Å². The minimum Gasteiger partial charge on any atom is -0.383 e. The Kier molecular flexibility index (Phi) is 6.29. The Hall–Kier alpha value is -0.940. The maximum absolute atomic E-state index is 12.8. The highest BCUT2D eigenvalue weighted by Gasteiger charge is 2.19. The van der Waals surface area contributed by atoms with Gasteiger partial charge in [-0.1, -0.05) is 28.1 Å². The molecular formula is C13H17BrFNO2. The number of carbonyl (C=O) groups excluding carboxylic acids is 1. The van der Waals surface area contributed by atoms with Crippen LogP contribution in [-0.2, 0) is 16.1 Å². The zero-order valence-electron chi connectivity index (χ0n) is 10.5. The van der Waals surface area contributed by atoms with Gasteiger partial charge in [0.15, 0.2) is 0 Å². The molecule has 100 valence electrons. The van der Waals surface area contributed by atoms with Crippen molar-refractivity contribution in [1.82, 2.24) is 4.90 Å². The Morgan fingerprint density at radius 3 is 2.56 bits per heavy atom. The molecule has 1 aromatic rings. The number of ether oxygens (including phenoxy) is 1. The average Bonchev–Trinajstić information content (AvgIpc) is 2.37. The zero-order valence-corrected chi connectivity index (χ0v) is 12.1. The van der Waals surface area contributed by atoms with Gasteiger partial charge in [0.2, 0.25) is 5.91 Å². The third kappa shape index (κ3) is 4.38. The molecule has 0 bridgehead atoms. The second-order valence-corrected chi connectivity index (χ2v) is 4.65. The van der Waals surface area contributed by atoms with Crippen LogP contribution in [0.2, 0.25) is 0 Å². The summed E-state index contributed by atoms with van der Waals surface area (Å²) in [5.74, 6) is -0.286. The zero-order chi connectivity index (χ0) is 13.5. The molecule has 0 aliphatic carbocycles. The molecule has 0 fully saturated rings. The molecule has 1 aromatic carbocycles. The summed E-state index contributed by atoms with van der Waals surface area (Å²) in [7, 11) is 1.60. The summed E-state index contributed by atoms with van der Waals surface area (Å²) in [5.41, 5.74) is 0.897. The van der Waals surface area contributed by atoms with Crippen LogP contribution in [0.25, 0.3) is 0 Å². The van der Waals surface area contributed by atoms with Crippen molar-refractivity contribution in [3.05, 3.63) is 35.6 Å². The number of nitrogens with zero attached hydrogens (tertiary/aromatic N) is 1. The van der Waals surface area contributed by atoms with E-state index in [-0.39, 0.29) is 23.1 Å². The normalized spacial score (nSPS) is 12.2. The second kappa shape index (κ2) is 7.48. The lowest BCUT2D eigenvalue weighted by Gasteiger charge is -2.28. The molecular weight excluding hydrogens is 301 g/mol. The number of halogens is 2.